The molecule has 146 valence electrons. The fourth-order valence-corrected chi connectivity index (χ4v) is 2.24. The van der Waals surface area contributed by atoms with E-state index < -0.39 is 18.0 Å². The third-order valence-corrected chi connectivity index (χ3v) is 3.57. The van der Waals surface area contributed by atoms with E-state index in [-0.39, 0.29) is 25.6 Å². The number of carbonyl (C=O) groups is 2. The molecule has 2 N–H and O–H groups in total. The zero-order valence-electron chi connectivity index (χ0n) is 15.1. The molecule has 2 aromatic carbocycles. The van der Waals surface area contributed by atoms with Gasteiger partial charge >= 0.3 is 11.9 Å². The number of ether oxygens (including phenoxy) is 3. The number of hydrogen-bond donors (Lipinski definition) is 1. The number of esters is 2. The molecule has 0 saturated heterocycles. The first kappa shape index (κ1) is 22.5. The van der Waals surface area contributed by atoms with Crippen molar-refractivity contribution in [1.82, 2.24) is 0 Å². The number of rotatable bonds is 9. The highest BCUT2D eigenvalue weighted by atomic mass is 35.5. The van der Waals surface area contributed by atoms with Crippen molar-refractivity contribution in [3.05, 3.63) is 65.7 Å². The average Bonchev–Trinajstić information content (AvgIpc) is 2.66. The molecular formula is C20H24ClNO5. The van der Waals surface area contributed by atoms with Crippen molar-refractivity contribution < 1.29 is 23.8 Å². The van der Waals surface area contributed by atoms with Crippen molar-refractivity contribution in [1.29, 1.82) is 0 Å². The molecule has 0 heterocycles. The van der Waals surface area contributed by atoms with Crippen molar-refractivity contribution in [2.24, 2.45) is 5.73 Å². The van der Waals surface area contributed by atoms with Gasteiger partial charge in [0.15, 0.2) is 6.61 Å². The van der Waals surface area contributed by atoms with Crippen LogP contribution in [0.4, 0.5) is 0 Å². The van der Waals surface area contributed by atoms with Crippen LogP contribution in [0, 0.1) is 0 Å². The van der Waals surface area contributed by atoms with Gasteiger partial charge in [-0.1, -0.05) is 42.5 Å². The normalized spacial score (nSPS) is 11.0. The standard InChI is InChI=1S/C20H23NO5.ClH/c1-2-24-19(22)14-25-17-10-8-15(9-11-17)12-18(21)20(23)26-13-16-6-4-3-5-7-16;/h3-11,18H,2,12-14,21H2,1H3;1H/t18-;/m0./s1. The molecule has 2 aromatic rings. The summed E-state index contributed by atoms with van der Waals surface area (Å²) >= 11 is 0. The Bertz CT molecular complexity index is 706. The lowest BCUT2D eigenvalue weighted by atomic mass is 10.1. The van der Waals surface area contributed by atoms with E-state index in [1.165, 1.54) is 0 Å². The minimum Gasteiger partial charge on any atom is -0.482 e. The van der Waals surface area contributed by atoms with E-state index in [4.69, 9.17) is 19.9 Å². The van der Waals surface area contributed by atoms with E-state index in [1.807, 2.05) is 30.3 Å². The van der Waals surface area contributed by atoms with Crippen LogP contribution in [0.2, 0.25) is 0 Å². The lowest BCUT2D eigenvalue weighted by Crippen LogP contribution is -2.34. The zero-order valence-corrected chi connectivity index (χ0v) is 15.9. The van der Waals surface area contributed by atoms with Gasteiger partial charge in [0.25, 0.3) is 0 Å². The van der Waals surface area contributed by atoms with Crippen molar-refractivity contribution in [2.45, 2.75) is 26.0 Å². The average molecular weight is 394 g/mol. The predicted molar refractivity (Wildman–Crippen MR) is 104 cm³/mol. The number of benzene rings is 2. The molecule has 0 aliphatic carbocycles. The molecular weight excluding hydrogens is 370 g/mol. The Balaban J connectivity index is 0.00000364. The highest BCUT2D eigenvalue weighted by Crippen LogP contribution is 2.14. The molecule has 6 nitrogen and oxygen atoms in total. The van der Waals surface area contributed by atoms with Crippen molar-refractivity contribution >= 4 is 24.3 Å². The first-order valence-corrected chi connectivity index (χ1v) is 8.42. The summed E-state index contributed by atoms with van der Waals surface area (Å²) < 4.78 is 15.3. The van der Waals surface area contributed by atoms with Crippen LogP contribution in [-0.2, 0) is 32.1 Å². The molecule has 0 saturated carbocycles. The second-order valence-corrected chi connectivity index (χ2v) is 5.64. The molecule has 0 amide bonds. The summed E-state index contributed by atoms with van der Waals surface area (Å²) in [5.74, 6) is -0.321. The maximum absolute atomic E-state index is 12.0. The molecule has 0 unspecified atom stereocenters. The van der Waals surface area contributed by atoms with E-state index in [0.29, 0.717) is 18.8 Å². The summed E-state index contributed by atoms with van der Waals surface area (Å²) in [4.78, 5) is 23.3. The molecule has 1 atom stereocenters. The fourth-order valence-electron chi connectivity index (χ4n) is 2.24. The molecule has 27 heavy (non-hydrogen) atoms. The van der Waals surface area contributed by atoms with Crippen LogP contribution >= 0.6 is 12.4 Å². The summed E-state index contributed by atoms with van der Waals surface area (Å²) in [6.07, 6.45) is 0.353. The lowest BCUT2D eigenvalue weighted by molar-refractivity contribution is -0.147. The Kier molecular flexibility index (Phi) is 9.93. The minimum absolute atomic E-state index is 0. The van der Waals surface area contributed by atoms with Crippen LogP contribution in [0.1, 0.15) is 18.1 Å². The maximum Gasteiger partial charge on any atom is 0.344 e. The Labute approximate surface area is 165 Å². The third kappa shape index (κ3) is 8.11. The molecule has 0 aliphatic rings. The van der Waals surface area contributed by atoms with Gasteiger partial charge < -0.3 is 19.9 Å². The molecule has 2 rings (SSSR count). The number of halogens is 1. The van der Waals surface area contributed by atoms with Gasteiger partial charge in [-0.25, -0.2) is 4.79 Å². The predicted octanol–water partition coefficient (Wildman–Crippen LogP) is 2.66. The largest absolute Gasteiger partial charge is 0.482 e. The quantitative estimate of drug-likeness (QED) is 0.659. The van der Waals surface area contributed by atoms with E-state index in [2.05, 4.69) is 0 Å². The van der Waals surface area contributed by atoms with Crippen molar-refractivity contribution in [3.8, 4) is 5.75 Å². The van der Waals surface area contributed by atoms with Crippen LogP contribution in [0.25, 0.3) is 0 Å². The first-order chi connectivity index (χ1) is 12.6. The Morgan fingerprint density at radius 1 is 0.963 bits per heavy atom. The van der Waals surface area contributed by atoms with Gasteiger partial charge in [0, 0.05) is 0 Å². The Hall–Kier alpha value is -2.57. The minimum atomic E-state index is -0.745. The van der Waals surface area contributed by atoms with Crippen LogP contribution in [0.5, 0.6) is 5.75 Å². The van der Waals surface area contributed by atoms with Crippen LogP contribution in [0.15, 0.2) is 54.6 Å². The van der Waals surface area contributed by atoms with Crippen molar-refractivity contribution in [2.75, 3.05) is 13.2 Å². The summed E-state index contributed by atoms with van der Waals surface area (Å²) in [7, 11) is 0. The highest BCUT2D eigenvalue weighted by Gasteiger charge is 2.16. The molecule has 0 fully saturated rings. The SMILES string of the molecule is CCOC(=O)COc1ccc(C[C@H](N)C(=O)OCc2ccccc2)cc1.Cl. The lowest BCUT2D eigenvalue weighted by Gasteiger charge is -2.12. The second kappa shape index (κ2) is 11.9. The first-order valence-electron chi connectivity index (χ1n) is 8.42. The monoisotopic (exact) mass is 393 g/mol. The fraction of sp³-hybridized carbons (Fsp3) is 0.300. The summed E-state index contributed by atoms with van der Waals surface area (Å²) in [6, 6.07) is 15.7. The zero-order chi connectivity index (χ0) is 18.8. The van der Waals surface area contributed by atoms with Gasteiger partial charge in [-0.05, 0) is 36.6 Å². The molecule has 7 heteroatoms. The van der Waals surface area contributed by atoms with E-state index in [9.17, 15) is 9.59 Å². The Morgan fingerprint density at radius 2 is 1.63 bits per heavy atom. The highest BCUT2D eigenvalue weighted by molar-refractivity contribution is 5.85. The van der Waals surface area contributed by atoms with Gasteiger partial charge in [-0.15, -0.1) is 12.4 Å². The second-order valence-electron chi connectivity index (χ2n) is 5.64. The number of hydrogen-bond acceptors (Lipinski definition) is 6. The van der Waals surface area contributed by atoms with E-state index in [1.54, 1.807) is 31.2 Å². The van der Waals surface area contributed by atoms with Crippen molar-refractivity contribution in [3.63, 3.8) is 0 Å². The van der Waals surface area contributed by atoms with Gasteiger partial charge in [0.1, 0.15) is 18.4 Å². The van der Waals surface area contributed by atoms with E-state index >= 15 is 0 Å². The van der Waals surface area contributed by atoms with Gasteiger partial charge in [-0.3, -0.25) is 4.79 Å². The molecule has 0 radical (unpaired) electrons. The van der Waals surface area contributed by atoms with Crippen LogP contribution in [-0.4, -0.2) is 31.2 Å². The van der Waals surface area contributed by atoms with Crippen LogP contribution in [0.3, 0.4) is 0 Å². The summed E-state index contributed by atoms with van der Waals surface area (Å²) in [5, 5.41) is 0. The van der Waals surface area contributed by atoms with Gasteiger partial charge in [0.05, 0.1) is 6.61 Å². The Morgan fingerprint density at radius 3 is 2.26 bits per heavy atom. The summed E-state index contributed by atoms with van der Waals surface area (Å²) in [6.45, 7) is 2.12. The molecule has 0 bridgehead atoms. The number of nitrogens with two attached hydrogens (primary N) is 1. The topological polar surface area (TPSA) is 87.9 Å². The van der Waals surface area contributed by atoms with Gasteiger partial charge in [-0.2, -0.15) is 0 Å². The van der Waals surface area contributed by atoms with Gasteiger partial charge in [0.2, 0.25) is 0 Å². The molecule has 0 spiro atoms. The smallest absolute Gasteiger partial charge is 0.344 e. The summed E-state index contributed by atoms with van der Waals surface area (Å²) in [5.41, 5.74) is 7.70. The third-order valence-electron chi connectivity index (χ3n) is 3.57. The number of carbonyl (C=O) groups excluding carboxylic acids is 2. The maximum atomic E-state index is 12.0. The van der Waals surface area contributed by atoms with Crippen LogP contribution < -0.4 is 10.5 Å². The molecule has 0 aromatic heterocycles. The van der Waals surface area contributed by atoms with E-state index in [0.717, 1.165) is 11.1 Å². The molecule has 0 aliphatic heterocycles.